The van der Waals surface area contributed by atoms with E-state index in [1.807, 2.05) is 35.9 Å². The molecule has 5 heteroatoms. The SMILES string of the molecule is Cc1cccc2c1c(C)nn2-c1ccc2c(N)noc2c1. The van der Waals surface area contributed by atoms with Crippen molar-refractivity contribution in [3.63, 3.8) is 0 Å². The zero-order valence-corrected chi connectivity index (χ0v) is 11.8. The van der Waals surface area contributed by atoms with E-state index in [2.05, 4.69) is 29.3 Å². The van der Waals surface area contributed by atoms with Crippen molar-refractivity contribution in [3.05, 3.63) is 47.7 Å². The average molecular weight is 278 g/mol. The molecule has 0 aliphatic rings. The molecular formula is C16H14N4O. The van der Waals surface area contributed by atoms with Crippen LogP contribution in [0.1, 0.15) is 11.3 Å². The summed E-state index contributed by atoms with van der Waals surface area (Å²) in [7, 11) is 0. The van der Waals surface area contributed by atoms with Gasteiger partial charge in [-0.1, -0.05) is 17.3 Å². The minimum Gasteiger partial charge on any atom is -0.380 e. The van der Waals surface area contributed by atoms with Crippen LogP contribution in [-0.4, -0.2) is 14.9 Å². The van der Waals surface area contributed by atoms with E-state index in [0.717, 1.165) is 22.3 Å². The van der Waals surface area contributed by atoms with Gasteiger partial charge in [-0.3, -0.25) is 0 Å². The van der Waals surface area contributed by atoms with Crippen LogP contribution in [0.2, 0.25) is 0 Å². The molecule has 0 amide bonds. The summed E-state index contributed by atoms with van der Waals surface area (Å²) in [5, 5.41) is 10.5. The Morgan fingerprint density at radius 3 is 2.86 bits per heavy atom. The van der Waals surface area contributed by atoms with Crippen molar-refractivity contribution >= 4 is 27.7 Å². The van der Waals surface area contributed by atoms with E-state index in [9.17, 15) is 0 Å². The molecular weight excluding hydrogens is 264 g/mol. The second-order valence-corrected chi connectivity index (χ2v) is 5.21. The van der Waals surface area contributed by atoms with Crippen molar-refractivity contribution in [2.45, 2.75) is 13.8 Å². The molecule has 4 aromatic rings. The fraction of sp³-hybridized carbons (Fsp3) is 0.125. The number of nitrogen functional groups attached to an aromatic ring is 1. The van der Waals surface area contributed by atoms with Crippen LogP contribution in [0.4, 0.5) is 5.82 Å². The van der Waals surface area contributed by atoms with Crippen molar-refractivity contribution in [1.82, 2.24) is 14.9 Å². The molecule has 0 aliphatic carbocycles. The number of benzene rings is 2. The number of anilines is 1. The summed E-state index contributed by atoms with van der Waals surface area (Å²) in [6.45, 7) is 4.12. The molecule has 104 valence electrons. The molecule has 5 nitrogen and oxygen atoms in total. The third kappa shape index (κ3) is 1.64. The zero-order valence-electron chi connectivity index (χ0n) is 11.8. The van der Waals surface area contributed by atoms with E-state index in [4.69, 9.17) is 10.3 Å². The monoisotopic (exact) mass is 278 g/mol. The molecule has 2 N–H and O–H groups in total. The maximum absolute atomic E-state index is 5.75. The van der Waals surface area contributed by atoms with Gasteiger partial charge in [0.2, 0.25) is 0 Å². The topological polar surface area (TPSA) is 69.9 Å². The number of hydrogen-bond acceptors (Lipinski definition) is 4. The van der Waals surface area contributed by atoms with Crippen LogP contribution in [0.3, 0.4) is 0 Å². The van der Waals surface area contributed by atoms with Crippen LogP contribution in [0.25, 0.3) is 27.6 Å². The predicted octanol–water partition coefficient (Wildman–Crippen LogP) is 3.37. The van der Waals surface area contributed by atoms with Gasteiger partial charge in [-0.2, -0.15) is 5.10 Å². The van der Waals surface area contributed by atoms with Gasteiger partial charge in [-0.15, -0.1) is 0 Å². The van der Waals surface area contributed by atoms with Crippen molar-refractivity contribution in [2.75, 3.05) is 5.73 Å². The molecule has 0 saturated heterocycles. The van der Waals surface area contributed by atoms with E-state index in [0.29, 0.717) is 11.4 Å². The average Bonchev–Trinajstić information content (AvgIpc) is 3.01. The van der Waals surface area contributed by atoms with Gasteiger partial charge in [0.05, 0.1) is 22.3 Å². The third-order valence-electron chi connectivity index (χ3n) is 3.82. The van der Waals surface area contributed by atoms with Crippen molar-refractivity contribution < 1.29 is 4.52 Å². The summed E-state index contributed by atoms with van der Waals surface area (Å²) in [5.74, 6) is 0.411. The molecule has 2 aromatic carbocycles. The minimum absolute atomic E-state index is 0.411. The van der Waals surface area contributed by atoms with Gasteiger partial charge in [0.1, 0.15) is 0 Å². The first kappa shape index (κ1) is 12.0. The van der Waals surface area contributed by atoms with Crippen LogP contribution in [0, 0.1) is 13.8 Å². The Morgan fingerprint density at radius 1 is 1.14 bits per heavy atom. The molecule has 2 heterocycles. The number of rotatable bonds is 1. The van der Waals surface area contributed by atoms with Crippen LogP contribution in [-0.2, 0) is 0 Å². The second kappa shape index (κ2) is 4.09. The Balaban J connectivity index is 2.02. The lowest BCUT2D eigenvalue weighted by atomic mass is 10.1. The van der Waals surface area contributed by atoms with Gasteiger partial charge in [0, 0.05) is 11.5 Å². The Labute approximate surface area is 120 Å². The smallest absolute Gasteiger partial charge is 0.174 e. The normalized spacial score (nSPS) is 11.5. The van der Waals surface area contributed by atoms with Crippen LogP contribution in [0.15, 0.2) is 40.9 Å². The standard InChI is InChI=1S/C16H14N4O/c1-9-4-3-5-13-15(9)10(2)18-20(13)11-6-7-12-14(8-11)21-19-16(12)17/h3-8H,1-2H3,(H2,17,19). The molecule has 0 atom stereocenters. The number of fused-ring (bicyclic) bond motifs is 2. The van der Waals surface area contributed by atoms with Crippen LogP contribution < -0.4 is 5.73 Å². The Hall–Kier alpha value is -2.82. The number of aromatic nitrogens is 3. The van der Waals surface area contributed by atoms with E-state index in [-0.39, 0.29) is 0 Å². The molecule has 0 radical (unpaired) electrons. The maximum atomic E-state index is 5.75. The quantitative estimate of drug-likeness (QED) is 0.579. The Kier molecular flexibility index (Phi) is 2.33. The van der Waals surface area contributed by atoms with E-state index in [1.54, 1.807) is 0 Å². The molecule has 0 aliphatic heterocycles. The van der Waals surface area contributed by atoms with E-state index >= 15 is 0 Å². The molecule has 21 heavy (non-hydrogen) atoms. The number of hydrogen-bond donors (Lipinski definition) is 1. The van der Waals surface area contributed by atoms with Crippen LogP contribution >= 0.6 is 0 Å². The lowest BCUT2D eigenvalue weighted by molar-refractivity contribution is 0.460. The molecule has 4 rings (SSSR count). The first-order valence-electron chi connectivity index (χ1n) is 6.75. The molecule has 0 unspecified atom stereocenters. The second-order valence-electron chi connectivity index (χ2n) is 5.21. The highest BCUT2D eigenvalue weighted by atomic mass is 16.5. The van der Waals surface area contributed by atoms with Gasteiger partial charge in [0.15, 0.2) is 11.4 Å². The molecule has 2 aromatic heterocycles. The number of nitrogens with two attached hydrogens (primary N) is 1. The fourth-order valence-corrected chi connectivity index (χ4v) is 2.83. The fourth-order valence-electron chi connectivity index (χ4n) is 2.83. The molecule has 0 fully saturated rings. The number of nitrogens with zero attached hydrogens (tertiary/aromatic N) is 3. The Morgan fingerprint density at radius 2 is 2.00 bits per heavy atom. The van der Waals surface area contributed by atoms with E-state index < -0.39 is 0 Å². The third-order valence-corrected chi connectivity index (χ3v) is 3.82. The Bertz CT molecular complexity index is 981. The molecule has 0 saturated carbocycles. The minimum atomic E-state index is 0.411. The summed E-state index contributed by atoms with van der Waals surface area (Å²) in [5.41, 5.74) is 10.7. The first-order chi connectivity index (χ1) is 10.1. The van der Waals surface area contributed by atoms with Gasteiger partial charge in [-0.25, -0.2) is 4.68 Å². The largest absolute Gasteiger partial charge is 0.380 e. The maximum Gasteiger partial charge on any atom is 0.174 e. The molecule has 0 spiro atoms. The summed E-state index contributed by atoms with van der Waals surface area (Å²) in [4.78, 5) is 0. The lowest BCUT2D eigenvalue weighted by Gasteiger charge is -2.03. The van der Waals surface area contributed by atoms with Crippen LogP contribution in [0.5, 0.6) is 0 Å². The predicted molar refractivity (Wildman–Crippen MR) is 82.5 cm³/mol. The van der Waals surface area contributed by atoms with Gasteiger partial charge in [0.25, 0.3) is 0 Å². The highest BCUT2D eigenvalue weighted by Gasteiger charge is 2.12. The number of aryl methyl sites for hydroxylation is 2. The van der Waals surface area contributed by atoms with Gasteiger partial charge >= 0.3 is 0 Å². The first-order valence-corrected chi connectivity index (χ1v) is 6.75. The van der Waals surface area contributed by atoms with Gasteiger partial charge < -0.3 is 10.3 Å². The highest BCUT2D eigenvalue weighted by molar-refractivity contribution is 5.90. The van der Waals surface area contributed by atoms with E-state index in [1.165, 1.54) is 10.9 Å². The summed E-state index contributed by atoms with van der Waals surface area (Å²) in [6.07, 6.45) is 0. The molecule has 0 bridgehead atoms. The van der Waals surface area contributed by atoms with Crippen molar-refractivity contribution in [3.8, 4) is 5.69 Å². The van der Waals surface area contributed by atoms with Gasteiger partial charge in [-0.05, 0) is 37.6 Å². The summed E-state index contributed by atoms with van der Waals surface area (Å²) < 4.78 is 7.16. The summed E-state index contributed by atoms with van der Waals surface area (Å²) in [6, 6.07) is 12.0. The summed E-state index contributed by atoms with van der Waals surface area (Å²) >= 11 is 0. The zero-order chi connectivity index (χ0) is 14.6. The van der Waals surface area contributed by atoms with Crippen molar-refractivity contribution in [2.24, 2.45) is 0 Å². The highest BCUT2D eigenvalue weighted by Crippen LogP contribution is 2.27. The lowest BCUT2D eigenvalue weighted by Crippen LogP contribution is -1.96. The van der Waals surface area contributed by atoms with Crippen molar-refractivity contribution in [1.29, 1.82) is 0 Å².